The Morgan fingerprint density at radius 3 is 3.00 bits per heavy atom. The maximum Gasteiger partial charge on any atom is 0.140 e. The molecule has 0 amide bonds. The molecule has 1 heterocycles. The normalized spacial score (nSPS) is 14.3. The molecule has 0 fully saturated rings. The van der Waals surface area contributed by atoms with Crippen molar-refractivity contribution in [2.45, 2.75) is 32.4 Å². The van der Waals surface area contributed by atoms with Gasteiger partial charge in [0.2, 0.25) is 0 Å². The Morgan fingerprint density at radius 2 is 2.50 bits per heavy atom. The zero-order valence-electron chi connectivity index (χ0n) is 9.63. The second-order valence-electron chi connectivity index (χ2n) is 3.75. The first-order valence-electron chi connectivity index (χ1n) is 5.21. The molecule has 0 saturated carbocycles. The molecule has 1 aromatic rings. The first-order valence-corrected chi connectivity index (χ1v) is 6.15. The van der Waals surface area contributed by atoms with Crippen molar-refractivity contribution in [1.82, 2.24) is 9.88 Å². The number of hydrogen-bond donors (Lipinski definition) is 2. The molecule has 0 aliphatic rings. The summed E-state index contributed by atoms with van der Waals surface area (Å²) in [4.78, 5) is 6.41. The molecular formula is C10H18N4OS. The van der Waals surface area contributed by atoms with Gasteiger partial charge in [-0.1, -0.05) is 12.1 Å². The number of oxime groups is 1. The van der Waals surface area contributed by atoms with Gasteiger partial charge in [-0.25, -0.2) is 4.98 Å². The first kappa shape index (κ1) is 12.9. The van der Waals surface area contributed by atoms with Crippen molar-refractivity contribution in [2.75, 3.05) is 7.05 Å². The lowest BCUT2D eigenvalue weighted by atomic mass is 10.1. The third kappa shape index (κ3) is 3.79. The molecule has 0 aliphatic carbocycles. The highest BCUT2D eigenvalue weighted by atomic mass is 32.1. The van der Waals surface area contributed by atoms with Crippen LogP contribution in [0.5, 0.6) is 0 Å². The van der Waals surface area contributed by atoms with Crippen LogP contribution in [0.25, 0.3) is 0 Å². The van der Waals surface area contributed by atoms with Gasteiger partial charge in [0.15, 0.2) is 0 Å². The maximum absolute atomic E-state index is 8.55. The van der Waals surface area contributed by atoms with Crippen molar-refractivity contribution in [3.63, 3.8) is 0 Å². The summed E-state index contributed by atoms with van der Waals surface area (Å²) < 4.78 is 0. The zero-order valence-corrected chi connectivity index (χ0v) is 10.4. The van der Waals surface area contributed by atoms with Gasteiger partial charge in [-0.3, -0.25) is 4.90 Å². The lowest BCUT2D eigenvalue weighted by Crippen LogP contribution is -2.34. The van der Waals surface area contributed by atoms with E-state index in [1.807, 2.05) is 17.9 Å². The van der Waals surface area contributed by atoms with Gasteiger partial charge in [-0.15, -0.1) is 11.3 Å². The van der Waals surface area contributed by atoms with Crippen molar-refractivity contribution in [3.8, 4) is 0 Å². The molecule has 0 spiro atoms. The summed E-state index contributed by atoms with van der Waals surface area (Å²) in [7, 11) is 2.03. The van der Waals surface area contributed by atoms with Gasteiger partial charge >= 0.3 is 0 Å². The van der Waals surface area contributed by atoms with Gasteiger partial charge in [0.25, 0.3) is 0 Å². The van der Waals surface area contributed by atoms with E-state index in [1.54, 1.807) is 11.3 Å². The van der Waals surface area contributed by atoms with Crippen LogP contribution in [0.1, 0.15) is 25.5 Å². The fourth-order valence-electron chi connectivity index (χ4n) is 1.59. The fourth-order valence-corrected chi connectivity index (χ4v) is 2.14. The largest absolute Gasteiger partial charge is 0.409 e. The highest BCUT2D eigenvalue weighted by Gasteiger charge is 2.15. The second kappa shape index (κ2) is 6.44. The minimum Gasteiger partial charge on any atom is -0.409 e. The predicted octanol–water partition coefficient (Wildman–Crippen LogP) is 1.49. The lowest BCUT2D eigenvalue weighted by molar-refractivity contribution is 0.228. The highest BCUT2D eigenvalue weighted by molar-refractivity contribution is 7.07. The molecule has 0 bridgehead atoms. The van der Waals surface area contributed by atoms with Gasteiger partial charge in [-0.05, 0) is 13.5 Å². The summed E-state index contributed by atoms with van der Waals surface area (Å²) >= 11 is 1.59. The molecule has 1 rings (SSSR count). The van der Waals surface area contributed by atoms with E-state index in [2.05, 4.69) is 22.0 Å². The minimum absolute atomic E-state index is 0.275. The fraction of sp³-hybridized carbons (Fsp3) is 0.600. The number of aromatic nitrogens is 1. The van der Waals surface area contributed by atoms with E-state index in [0.29, 0.717) is 6.42 Å². The van der Waals surface area contributed by atoms with Crippen LogP contribution in [0.15, 0.2) is 16.0 Å². The van der Waals surface area contributed by atoms with Gasteiger partial charge in [0.1, 0.15) is 5.84 Å². The van der Waals surface area contributed by atoms with Crippen LogP contribution in [0, 0.1) is 0 Å². The van der Waals surface area contributed by atoms with Gasteiger partial charge in [0, 0.05) is 24.4 Å². The third-order valence-electron chi connectivity index (χ3n) is 2.56. The first-order chi connectivity index (χ1) is 7.67. The Hall–Kier alpha value is -1.14. The molecule has 5 nitrogen and oxygen atoms in total. The summed E-state index contributed by atoms with van der Waals surface area (Å²) in [6, 6.07) is 0.276. The zero-order chi connectivity index (χ0) is 12.0. The lowest BCUT2D eigenvalue weighted by Gasteiger charge is -2.25. The Kier molecular flexibility index (Phi) is 5.21. The Morgan fingerprint density at radius 1 is 1.75 bits per heavy atom. The number of nitrogens with zero attached hydrogens (tertiary/aromatic N) is 3. The number of thiazole rings is 1. The Bertz CT molecular complexity index is 326. The van der Waals surface area contributed by atoms with E-state index in [9.17, 15) is 0 Å². The minimum atomic E-state index is 0.275. The van der Waals surface area contributed by atoms with E-state index in [-0.39, 0.29) is 11.9 Å². The third-order valence-corrected chi connectivity index (χ3v) is 3.20. The summed E-state index contributed by atoms with van der Waals surface area (Å²) in [6.07, 6.45) is 1.53. The molecule has 16 heavy (non-hydrogen) atoms. The van der Waals surface area contributed by atoms with Crippen LogP contribution in [-0.2, 0) is 6.54 Å². The molecule has 0 aromatic carbocycles. The monoisotopic (exact) mass is 242 g/mol. The van der Waals surface area contributed by atoms with E-state index >= 15 is 0 Å². The van der Waals surface area contributed by atoms with Gasteiger partial charge in [0.05, 0.1) is 11.2 Å². The van der Waals surface area contributed by atoms with Crippen LogP contribution in [-0.4, -0.2) is 34.0 Å². The van der Waals surface area contributed by atoms with Crippen molar-refractivity contribution in [2.24, 2.45) is 10.9 Å². The van der Waals surface area contributed by atoms with E-state index in [1.165, 1.54) is 0 Å². The average molecular weight is 242 g/mol. The highest BCUT2D eigenvalue weighted by Crippen LogP contribution is 2.11. The molecule has 0 saturated heterocycles. The van der Waals surface area contributed by atoms with Crippen LogP contribution in [0.3, 0.4) is 0 Å². The average Bonchev–Trinajstić information content (AvgIpc) is 2.77. The van der Waals surface area contributed by atoms with Gasteiger partial charge < -0.3 is 10.9 Å². The SMILES string of the molecule is CCC(CC(N)=NO)N(C)Cc1cscn1. The number of hydrogen-bond acceptors (Lipinski definition) is 5. The number of amidine groups is 1. The molecule has 0 aliphatic heterocycles. The van der Waals surface area contributed by atoms with Crippen LogP contribution < -0.4 is 5.73 Å². The molecule has 90 valence electrons. The topological polar surface area (TPSA) is 74.7 Å². The quantitative estimate of drug-likeness (QED) is 0.343. The predicted molar refractivity (Wildman–Crippen MR) is 65.7 cm³/mol. The Balaban J connectivity index is 2.52. The molecule has 0 radical (unpaired) electrons. The molecule has 6 heteroatoms. The number of nitrogens with two attached hydrogens (primary N) is 1. The van der Waals surface area contributed by atoms with Crippen molar-refractivity contribution >= 4 is 17.2 Å². The van der Waals surface area contributed by atoms with Gasteiger partial charge in [-0.2, -0.15) is 0 Å². The van der Waals surface area contributed by atoms with Crippen molar-refractivity contribution < 1.29 is 5.21 Å². The van der Waals surface area contributed by atoms with E-state index in [4.69, 9.17) is 10.9 Å². The van der Waals surface area contributed by atoms with Crippen LogP contribution >= 0.6 is 11.3 Å². The van der Waals surface area contributed by atoms with Crippen molar-refractivity contribution in [3.05, 3.63) is 16.6 Å². The summed E-state index contributed by atoms with van der Waals surface area (Å²) in [5, 5.41) is 13.6. The molecule has 1 aromatic heterocycles. The smallest absolute Gasteiger partial charge is 0.140 e. The molecule has 3 N–H and O–H groups in total. The summed E-state index contributed by atoms with van der Waals surface area (Å²) in [5.41, 5.74) is 8.41. The molecule has 1 unspecified atom stereocenters. The second-order valence-corrected chi connectivity index (χ2v) is 4.47. The van der Waals surface area contributed by atoms with Crippen LogP contribution in [0.2, 0.25) is 0 Å². The number of rotatable bonds is 6. The summed E-state index contributed by atoms with van der Waals surface area (Å²) in [5.74, 6) is 0.275. The Labute approximate surface area is 99.6 Å². The summed E-state index contributed by atoms with van der Waals surface area (Å²) in [6.45, 7) is 2.88. The maximum atomic E-state index is 8.55. The van der Waals surface area contributed by atoms with E-state index < -0.39 is 0 Å². The molecule has 1 atom stereocenters. The standard InChI is InChI=1S/C10H18N4OS/c1-3-9(4-10(11)13-15)14(2)5-8-6-16-7-12-8/h6-7,9,15H,3-5H2,1-2H3,(H2,11,13). The van der Waals surface area contributed by atoms with E-state index in [0.717, 1.165) is 18.7 Å². The van der Waals surface area contributed by atoms with Crippen LogP contribution in [0.4, 0.5) is 0 Å². The van der Waals surface area contributed by atoms with Crippen molar-refractivity contribution in [1.29, 1.82) is 0 Å². The molecular weight excluding hydrogens is 224 g/mol.